The van der Waals surface area contributed by atoms with Crippen LogP contribution in [0.4, 0.5) is 0 Å². The number of aliphatic hydroxyl groups is 10. The van der Waals surface area contributed by atoms with Gasteiger partial charge in [-0.05, 0) is 75.7 Å². The number of aliphatic hydroxyl groups excluding tert-OH is 9. The number of carbonyl (C=O) groups excluding carboxylic acids is 2. The van der Waals surface area contributed by atoms with Gasteiger partial charge in [-0.2, -0.15) is 0 Å². The van der Waals surface area contributed by atoms with Gasteiger partial charge >= 0.3 is 17.9 Å². The number of cyclic esters (lactones) is 1. The summed E-state index contributed by atoms with van der Waals surface area (Å²) in [5, 5.41) is 123. The number of esters is 2. The maximum absolute atomic E-state index is 13.3. The van der Waals surface area contributed by atoms with Crippen molar-refractivity contribution in [2.45, 2.75) is 217 Å². The second kappa shape index (κ2) is 34.7. The molecule has 0 amide bonds. The molecule has 18 atom stereocenters. The topological polar surface area (TPSA) is 352 Å². The lowest BCUT2D eigenvalue weighted by Crippen LogP contribution is -2.60. The van der Waals surface area contributed by atoms with E-state index >= 15 is 0 Å². The van der Waals surface area contributed by atoms with Gasteiger partial charge in [0.2, 0.25) is 0 Å². The van der Waals surface area contributed by atoms with Gasteiger partial charge < -0.3 is 81.4 Å². The number of allylic oxidation sites excluding steroid dienone is 6. The molecular weight excluding hydrogens is 975 g/mol. The molecule has 0 unspecified atom stereocenters. The summed E-state index contributed by atoms with van der Waals surface area (Å²) in [5.41, 5.74) is 6.16. The molecule has 0 aromatic heterocycles. The smallest absolute Gasteiger partial charge is 0.331 e. The van der Waals surface area contributed by atoms with Crippen molar-refractivity contribution in [1.82, 2.24) is 5.32 Å². The predicted octanol–water partition coefficient (Wildman–Crippen LogP) is 2.98. The SMILES string of the molecule is CN=C(N)NCCC/C=C/CCC[C@@H](C)[C@@H]1OC(=O)/C=C\C=C/[C@@H](C)[C@H](O)C[C@@H](O)[C@H](C)[C@@H](O)CC[C@H](C)[C@H](O)C[C@]2(O)O[C@H](C[C@H](OC(=O)CC(=O)O)C[C@@H](O)C[C@@H](O)C[C@@H](O)/C(C)=C\C=C/[C@@H]1C)C[C@@H](O)[C@H]2O. The van der Waals surface area contributed by atoms with Gasteiger partial charge in [0.1, 0.15) is 24.7 Å². The van der Waals surface area contributed by atoms with Crippen molar-refractivity contribution in [1.29, 1.82) is 0 Å². The second-order valence-corrected chi connectivity index (χ2v) is 21.1. The van der Waals surface area contributed by atoms with E-state index in [0.717, 1.165) is 32.1 Å². The zero-order chi connectivity index (χ0) is 56.4. The first-order valence-electron chi connectivity index (χ1n) is 26.7. The van der Waals surface area contributed by atoms with Crippen molar-refractivity contribution in [3.05, 3.63) is 60.3 Å². The molecular formula is C55H93N3O17. The van der Waals surface area contributed by atoms with Crippen molar-refractivity contribution in [3.8, 4) is 0 Å². The van der Waals surface area contributed by atoms with Gasteiger partial charge in [-0.15, -0.1) is 0 Å². The normalized spacial score (nSPS) is 37.9. The van der Waals surface area contributed by atoms with Gasteiger partial charge in [0.25, 0.3) is 0 Å². The van der Waals surface area contributed by atoms with Crippen LogP contribution in [0, 0.1) is 29.6 Å². The molecule has 0 aromatic carbocycles. The van der Waals surface area contributed by atoms with Crippen molar-refractivity contribution >= 4 is 23.9 Å². The van der Waals surface area contributed by atoms with E-state index in [1.165, 1.54) is 12.2 Å². The maximum atomic E-state index is 13.3. The summed E-state index contributed by atoms with van der Waals surface area (Å²) in [6, 6.07) is 0. The van der Waals surface area contributed by atoms with Gasteiger partial charge in [0.05, 0.1) is 54.9 Å². The van der Waals surface area contributed by atoms with Crippen LogP contribution in [-0.4, -0.2) is 173 Å². The average Bonchev–Trinajstić information content (AvgIpc) is 3.33. The largest absolute Gasteiger partial charge is 0.481 e. The van der Waals surface area contributed by atoms with Crippen LogP contribution < -0.4 is 11.1 Å². The lowest BCUT2D eigenvalue weighted by Gasteiger charge is -2.45. The Hall–Kier alpha value is -4.06. The minimum atomic E-state index is -2.52. The summed E-state index contributed by atoms with van der Waals surface area (Å²) < 4.78 is 17.3. The number of hydrogen-bond donors (Lipinski definition) is 13. The number of rotatable bonds is 12. The number of ether oxygens (including phenoxy) is 3. The van der Waals surface area contributed by atoms with Gasteiger partial charge in [0.15, 0.2) is 11.7 Å². The summed E-state index contributed by atoms with van der Waals surface area (Å²) in [6.07, 6.45) is 2.20. The Kier molecular flexibility index (Phi) is 31.0. The van der Waals surface area contributed by atoms with Gasteiger partial charge in [-0.25, -0.2) is 4.79 Å². The number of carboxylic acid groups (broad SMARTS) is 1. The Labute approximate surface area is 443 Å². The van der Waals surface area contributed by atoms with E-state index in [0.29, 0.717) is 18.1 Å². The van der Waals surface area contributed by atoms with Crippen LogP contribution >= 0.6 is 0 Å². The fraction of sp³-hybridized carbons (Fsp3) is 0.745. The highest BCUT2D eigenvalue weighted by molar-refractivity contribution is 5.90. The molecule has 0 radical (unpaired) electrons. The highest BCUT2D eigenvalue weighted by Crippen LogP contribution is 2.36. The molecule has 2 bridgehead atoms. The number of nitrogens with zero attached hydrogens (tertiary/aromatic N) is 1. The Morgan fingerprint density at radius 3 is 2.15 bits per heavy atom. The fourth-order valence-corrected chi connectivity index (χ4v) is 9.32. The van der Waals surface area contributed by atoms with E-state index in [1.807, 2.05) is 19.9 Å². The third kappa shape index (κ3) is 25.8. The van der Waals surface area contributed by atoms with Crippen LogP contribution in [0.5, 0.6) is 0 Å². The lowest BCUT2D eigenvalue weighted by molar-refractivity contribution is -0.333. The molecule has 2 aliphatic rings. The molecule has 2 heterocycles. The Morgan fingerprint density at radius 2 is 1.48 bits per heavy atom. The molecule has 0 saturated carbocycles. The van der Waals surface area contributed by atoms with Crippen LogP contribution in [0.2, 0.25) is 0 Å². The summed E-state index contributed by atoms with van der Waals surface area (Å²) >= 11 is 0. The standard InChI is InChI=1S/C55H93N3O17/c1-33-17-13-14-21-50(69)74-52(36(4)18-12-10-8-9-11-15-24-58-54(56)57-7)37(5)20-16-19-34(2)44(62)27-40(60)25-39(59)26-41(73-51(70)31-49(67)68)28-42-29-47(65)53(71)55(72,75-42)32-48(66)35(3)22-23-43(61)38(6)46(64)30-45(33)63/h8-9,13-14,16-17,19-21,33,35-48,52-53,59-66,71-72H,10-12,15,18,22-32H2,1-7H3,(H,67,68)(H3,56,57,58)/b9-8+,17-13-,20-16-,21-14-,34-19-/t33-,35+,36-,37+,38-,39+,40-,41-,42-,43+,44-,45-,46-,47-,48-,52+,53-,55+/m1/s1. The molecule has 2 aliphatic heterocycles. The van der Waals surface area contributed by atoms with Crippen LogP contribution in [0.25, 0.3) is 0 Å². The van der Waals surface area contributed by atoms with E-state index in [2.05, 4.69) is 22.5 Å². The highest BCUT2D eigenvalue weighted by atomic mass is 16.7. The zero-order valence-electron chi connectivity index (χ0n) is 45.2. The average molecular weight is 1070 g/mol. The van der Waals surface area contributed by atoms with Crippen molar-refractivity contribution in [3.63, 3.8) is 0 Å². The molecule has 0 spiro atoms. The Bertz CT molecular complexity index is 1880. The van der Waals surface area contributed by atoms with Gasteiger partial charge in [-0.3, -0.25) is 14.6 Å². The minimum Gasteiger partial charge on any atom is -0.481 e. The number of aliphatic imine (C=N–C) groups is 1. The number of fused-ring (bicyclic) bond motifs is 2. The third-order valence-corrected chi connectivity index (χ3v) is 14.5. The maximum Gasteiger partial charge on any atom is 0.331 e. The van der Waals surface area contributed by atoms with E-state index in [4.69, 9.17) is 19.9 Å². The van der Waals surface area contributed by atoms with Crippen LogP contribution in [0.3, 0.4) is 0 Å². The number of carboxylic acids is 1. The molecule has 0 aliphatic carbocycles. The number of unbranched alkanes of at least 4 members (excludes halogenated alkanes) is 2. The lowest BCUT2D eigenvalue weighted by atomic mass is 9.84. The molecule has 75 heavy (non-hydrogen) atoms. The monoisotopic (exact) mass is 1070 g/mol. The van der Waals surface area contributed by atoms with Crippen LogP contribution in [0.15, 0.2) is 65.2 Å². The van der Waals surface area contributed by atoms with Crippen molar-refractivity contribution in [2.75, 3.05) is 13.6 Å². The number of guanidine groups is 1. The Morgan fingerprint density at radius 1 is 0.827 bits per heavy atom. The van der Waals surface area contributed by atoms with Crippen molar-refractivity contribution in [2.24, 2.45) is 40.3 Å². The molecule has 1 saturated heterocycles. The summed E-state index contributed by atoms with van der Waals surface area (Å²) in [6.45, 7) is 11.3. The summed E-state index contributed by atoms with van der Waals surface area (Å²) in [5.74, 6) is -7.44. The first kappa shape index (κ1) is 67.1. The summed E-state index contributed by atoms with van der Waals surface area (Å²) in [7, 11) is 1.62. The van der Waals surface area contributed by atoms with E-state index < -0.39 is 128 Å². The van der Waals surface area contributed by atoms with E-state index in [-0.39, 0.29) is 63.2 Å². The van der Waals surface area contributed by atoms with Gasteiger partial charge in [-0.1, -0.05) is 83.2 Å². The van der Waals surface area contributed by atoms with Crippen molar-refractivity contribution < 1.29 is 84.8 Å². The van der Waals surface area contributed by atoms with Crippen LogP contribution in [-0.2, 0) is 28.6 Å². The second-order valence-electron chi connectivity index (χ2n) is 21.1. The Balaban J connectivity index is 2.40. The number of nitrogens with one attached hydrogen (secondary N) is 1. The fourth-order valence-electron chi connectivity index (χ4n) is 9.32. The van der Waals surface area contributed by atoms with E-state index in [1.54, 1.807) is 59.0 Å². The highest BCUT2D eigenvalue weighted by Gasteiger charge is 2.50. The van der Waals surface area contributed by atoms with Gasteiger partial charge in [0, 0.05) is 75.9 Å². The molecule has 20 nitrogen and oxygen atoms in total. The van der Waals surface area contributed by atoms with E-state index in [9.17, 15) is 70.6 Å². The molecule has 430 valence electrons. The zero-order valence-corrected chi connectivity index (χ0v) is 45.2. The first-order valence-corrected chi connectivity index (χ1v) is 26.7. The minimum absolute atomic E-state index is 0.0591. The predicted molar refractivity (Wildman–Crippen MR) is 282 cm³/mol. The number of hydrogen-bond acceptors (Lipinski definition) is 17. The number of aliphatic carboxylic acids is 1. The summed E-state index contributed by atoms with van der Waals surface area (Å²) in [4.78, 5) is 41.1. The first-order chi connectivity index (χ1) is 35.3. The molecule has 1 fully saturated rings. The molecule has 20 heteroatoms. The molecule has 2 rings (SSSR count). The molecule has 0 aromatic rings. The number of nitrogens with two attached hydrogens (primary N) is 1. The quantitative estimate of drug-likeness (QED) is 0.0334. The van der Waals surface area contributed by atoms with Crippen LogP contribution in [0.1, 0.15) is 138 Å². The third-order valence-electron chi connectivity index (χ3n) is 14.5. The number of carbonyl (C=O) groups is 3. The molecule has 14 N–H and O–H groups in total.